The fraction of sp³-hybridized carbons (Fsp3) is 0.143. The highest BCUT2D eigenvalue weighted by atomic mass is 16.2. The molecule has 1 atom stereocenters. The second-order valence-electron chi connectivity index (χ2n) is 3.88. The first kappa shape index (κ1) is 12.1. The summed E-state index contributed by atoms with van der Waals surface area (Å²) in [6.45, 7) is 0. The lowest BCUT2D eigenvalue weighted by atomic mass is 10.1. The predicted octanol–water partition coefficient (Wildman–Crippen LogP) is 1.52. The number of terminal acetylenes is 1. The number of carbonyl (C=O) groups excluding carboxylic acids is 1. The Balaban J connectivity index is 2.27. The number of hydrogen-bond donors (Lipinski definition) is 2. The highest BCUT2D eigenvalue weighted by molar-refractivity contribution is 6.02. The quantitative estimate of drug-likeness (QED) is 0.798. The summed E-state index contributed by atoms with van der Waals surface area (Å²) < 4.78 is 0. The number of nitrogens with one attached hydrogen (secondary N) is 1. The van der Waals surface area contributed by atoms with Crippen molar-refractivity contribution in [1.29, 1.82) is 0 Å². The standard InChI is InChI=1S/C14H13N3O/c1-2-5-11(15)14(18)17-13-8-3-7-12-10(13)6-4-9-16-12/h1,3-4,6-9,11H,5,15H2,(H,17,18). The molecule has 4 nitrogen and oxygen atoms in total. The fourth-order valence-electron chi connectivity index (χ4n) is 1.66. The van der Waals surface area contributed by atoms with Gasteiger partial charge in [0, 0.05) is 18.0 Å². The minimum atomic E-state index is -0.693. The molecular formula is C14H13N3O. The lowest BCUT2D eigenvalue weighted by Gasteiger charge is -2.11. The number of aromatic nitrogens is 1. The van der Waals surface area contributed by atoms with Crippen LogP contribution in [-0.4, -0.2) is 16.9 Å². The number of benzene rings is 1. The molecule has 3 N–H and O–H groups in total. The number of pyridine rings is 1. The summed E-state index contributed by atoms with van der Waals surface area (Å²) in [6.07, 6.45) is 7.05. The van der Waals surface area contributed by atoms with Crippen molar-refractivity contribution in [3.8, 4) is 12.3 Å². The van der Waals surface area contributed by atoms with Crippen LogP contribution in [0.1, 0.15) is 6.42 Å². The number of nitrogens with two attached hydrogens (primary N) is 1. The molecule has 1 aromatic carbocycles. The molecule has 0 radical (unpaired) electrons. The summed E-state index contributed by atoms with van der Waals surface area (Å²) in [4.78, 5) is 16.0. The van der Waals surface area contributed by atoms with Gasteiger partial charge in [0.05, 0.1) is 17.2 Å². The first-order valence-corrected chi connectivity index (χ1v) is 5.56. The van der Waals surface area contributed by atoms with Crippen LogP contribution in [0, 0.1) is 12.3 Å². The lowest BCUT2D eigenvalue weighted by molar-refractivity contribution is -0.117. The molecule has 1 amide bonds. The van der Waals surface area contributed by atoms with Gasteiger partial charge in [-0.2, -0.15) is 0 Å². The van der Waals surface area contributed by atoms with Gasteiger partial charge >= 0.3 is 0 Å². The van der Waals surface area contributed by atoms with Crippen molar-refractivity contribution < 1.29 is 4.79 Å². The number of amides is 1. The van der Waals surface area contributed by atoms with E-state index in [1.54, 1.807) is 6.20 Å². The second kappa shape index (κ2) is 5.30. The molecule has 2 aromatic rings. The van der Waals surface area contributed by atoms with Crippen molar-refractivity contribution in [2.24, 2.45) is 5.73 Å². The van der Waals surface area contributed by atoms with Gasteiger partial charge < -0.3 is 11.1 Å². The highest BCUT2D eigenvalue weighted by Gasteiger charge is 2.13. The van der Waals surface area contributed by atoms with E-state index in [-0.39, 0.29) is 12.3 Å². The van der Waals surface area contributed by atoms with Crippen LogP contribution < -0.4 is 11.1 Å². The maximum atomic E-state index is 11.8. The molecule has 1 unspecified atom stereocenters. The van der Waals surface area contributed by atoms with Crippen LogP contribution in [-0.2, 0) is 4.79 Å². The summed E-state index contributed by atoms with van der Waals surface area (Å²) in [5, 5.41) is 3.65. The van der Waals surface area contributed by atoms with Gasteiger partial charge in [-0.05, 0) is 24.3 Å². The third-order valence-corrected chi connectivity index (χ3v) is 2.58. The molecule has 0 saturated carbocycles. The highest BCUT2D eigenvalue weighted by Crippen LogP contribution is 2.21. The van der Waals surface area contributed by atoms with Gasteiger partial charge in [-0.1, -0.05) is 6.07 Å². The van der Waals surface area contributed by atoms with Crippen molar-refractivity contribution in [2.45, 2.75) is 12.5 Å². The van der Waals surface area contributed by atoms with Crippen LogP contribution in [0.2, 0.25) is 0 Å². The van der Waals surface area contributed by atoms with E-state index in [2.05, 4.69) is 16.2 Å². The zero-order valence-corrected chi connectivity index (χ0v) is 9.76. The zero-order chi connectivity index (χ0) is 13.0. The number of fused-ring (bicyclic) bond motifs is 1. The van der Waals surface area contributed by atoms with Gasteiger partial charge in [0.1, 0.15) is 0 Å². The molecule has 0 aliphatic rings. The molecule has 0 fully saturated rings. The third-order valence-electron chi connectivity index (χ3n) is 2.58. The summed E-state index contributed by atoms with van der Waals surface area (Å²) in [7, 11) is 0. The Labute approximate surface area is 105 Å². The van der Waals surface area contributed by atoms with Gasteiger partial charge in [-0.3, -0.25) is 9.78 Å². The van der Waals surface area contributed by atoms with Crippen molar-refractivity contribution in [3.05, 3.63) is 36.5 Å². The Bertz CT molecular complexity index is 610. The Morgan fingerprint density at radius 2 is 2.28 bits per heavy atom. The minimum absolute atomic E-state index is 0.217. The summed E-state index contributed by atoms with van der Waals surface area (Å²) in [5.41, 5.74) is 7.16. The Morgan fingerprint density at radius 3 is 3.06 bits per heavy atom. The molecule has 1 heterocycles. The van der Waals surface area contributed by atoms with Gasteiger partial charge in [-0.25, -0.2) is 0 Å². The van der Waals surface area contributed by atoms with Crippen LogP contribution >= 0.6 is 0 Å². The van der Waals surface area contributed by atoms with E-state index in [1.807, 2.05) is 30.3 Å². The van der Waals surface area contributed by atoms with Crippen molar-refractivity contribution in [3.63, 3.8) is 0 Å². The lowest BCUT2D eigenvalue weighted by Crippen LogP contribution is -2.35. The van der Waals surface area contributed by atoms with E-state index in [9.17, 15) is 4.79 Å². The average molecular weight is 239 g/mol. The second-order valence-corrected chi connectivity index (χ2v) is 3.88. The molecule has 0 bridgehead atoms. The van der Waals surface area contributed by atoms with E-state index in [0.29, 0.717) is 5.69 Å². The van der Waals surface area contributed by atoms with E-state index >= 15 is 0 Å². The number of hydrogen-bond acceptors (Lipinski definition) is 3. The van der Waals surface area contributed by atoms with Crippen LogP contribution in [0.5, 0.6) is 0 Å². The zero-order valence-electron chi connectivity index (χ0n) is 9.76. The number of anilines is 1. The number of rotatable bonds is 3. The van der Waals surface area contributed by atoms with Crippen molar-refractivity contribution >= 4 is 22.5 Å². The molecule has 18 heavy (non-hydrogen) atoms. The normalized spacial score (nSPS) is 11.8. The monoisotopic (exact) mass is 239 g/mol. The predicted molar refractivity (Wildman–Crippen MR) is 71.8 cm³/mol. The molecule has 0 saturated heterocycles. The largest absolute Gasteiger partial charge is 0.324 e. The topological polar surface area (TPSA) is 68.0 Å². The summed E-state index contributed by atoms with van der Waals surface area (Å²) in [6, 6.07) is 8.54. The van der Waals surface area contributed by atoms with E-state index < -0.39 is 6.04 Å². The maximum Gasteiger partial charge on any atom is 0.242 e. The molecular weight excluding hydrogens is 226 g/mol. The molecule has 0 aliphatic carbocycles. The smallest absolute Gasteiger partial charge is 0.242 e. The van der Waals surface area contributed by atoms with Gasteiger partial charge in [0.2, 0.25) is 5.91 Å². The van der Waals surface area contributed by atoms with Crippen molar-refractivity contribution in [1.82, 2.24) is 4.98 Å². The molecule has 0 aliphatic heterocycles. The van der Waals surface area contributed by atoms with Gasteiger partial charge in [0.15, 0.2) is 0 Å². The fourth-order valence-corrected chi connectivity index (χ4v) is 1.66. The van der Waals surface area contributed by atoms with Gasteiger partial charge in [0.25, 0.3) is 0 Å². The van der Waals surface area contributed by atoms with Crippen molar-refractivity contribution in [2.75, 3.05) is 5.32 Å². The Kier molecular flexibility index (Phi) is 3.56. The number of nitrogens with zero attached hydrogens (tertiary/aromatic N) is 1. The minimum Gasteiger partial charge on any atom is -0.324 e. The Morgan fingerprint density at radius 1 is 1.44 bits per heavy atom. The SMILES string of the molecule is C#CCC(N)C(=O)Nc1cccc2ncccc12. The molecule has 4 heteroatoms. The molecule has 0 spiro atoms. The summed E-state index contributed by atoms with van der Waals surface area (Å²) in [5.74, 6) is 2.09. The molecule has 2 rings (SSSR count). The summed E-state index contributed by atoms with van der Waals surface area (Å²) >= 11 is 0. The van der Waals surface area contributed by atoms with Crippen LogP contribution in [0.3, 0.4) is 0 Å². The van der Waals surface area contributed by atoms with Crippen LogP contribution in [0.25, 0.3) is 10.9 Å². The molecule has 1 aromatic heterocycles. The first-order chi connectivity index (χ1) is 8.72. The van der Waals surface area contributed by atoms with E-state index in [4.69, 9.17) is 12.2 Å². The third kappa shape index (κ3) is 2.47. The average Bonchev–Trinajstić information content (AvgIpc) is 2.39. The molecule has 90 valence electrons. The first-order valence-electron chi connectivity index (χ1n) is 5.56. The Hall–Kier alpha value is -2.38. The number of carbonyl (C=O) groups is 1. The van der Waals surface area contributed by atoms with Crippen LogP contribution in [0.4, 0.5) is 5.69 Å². The van der Waals surface area contributed by atoms with E-state index in [0.717, 1.165) is 10.9 Å². The van der Waals surface area contributed by atoms with Crippen LogP contribution in [0.15, 0.2) is 36.5 Å². The maximum absolute atomic E-state index is 11.8. The van der Waals surface area contributed by atoms with Gasteiger partial charge in [-0.15, -0.1) is 12.3 Å². The van der Waals surface area contributed by atoms with E-state index in [1.165, 1.54) is 0 Å².